The number of esters is 1. The van der Waals surface area contributed by atoms with E-state index >= 15 is 0 Å². The summed E-state index contributed by atoms with van der Waals surface area (Å²) in [6.07, 6.45) is 1.59. The van der Waals surface area contributed by atoms with Crippen LogP contribution >= 0.6 is 0 Å². The molecule has 2 aromatic heterocycles. The molecule has 1 aromatic carbocycles. The van der Waals surface area contributed by atoms with Gasteiger partial charge in [0, 0.05) is 6.61 Å². The number of hydrogen-bond acceptors (Lipinski definition) is 7. The van der Waals surface area contributed by atoms with Gasteiger partial charge in [-0.05, 0) is 31.2 Å². The third-order valence-electron chi connectivity index (χ3n) is 3.44. The summed E-state index contributed by atoms with van der Waals surface area (Å²) < 4.78 is 15.7. The summed E-state index contributed by atoms with van der Waals surface area (Å²) in [7, 11) is 0. The fraction of sp³-hybridized carbons (Fsp3) is 0.278. The number of anilines is 1. The maximum Gasteiger partial charge on any atom is 0.360 e. The van der Waals surface area contributed by atoms with Gasteiger partial charge in [-0.25, -0.2) is 14.8 Å². The van der Waals surface area contributed by atoms with Crippen molar-refractivity contribution in [3.8, 4) is 0 Å². The number of aromatic nitrogens is 2. The molecule has 0 saturated carbocycles. The zero-order chi connectivity index (χ0) is 17.5. The van der Waals surface area contributed by atoms with E-state index in [0.29, 0.717) is 36.6 Å². The highest BCUT2D eigenvalue weighted by Gasteiger charge is 2.18. The van der Waals surface area contributed by atoms with Crippen LogP contribution in [0.4, 0.5) is 5.82 Å². The Bertz CT molecular complexity index is 833. The van der Waals surface area contributed by atoms with Crippen LogP contribution in [0.15, 0.2) is 47.1 Å². The molecule has 3 rings (SSSR count). The molecule has 0 aliphatic rings. The summed E-state index contributed by atoms with van der Waals surface area (Å²) in [4.78, 5) is 21.3. The van der Waals surface area contributed by atoms with Crippen LogP contribution in [0.25, 0.3) is 11.0 Å². The lowest BCUT2D eigenvalue weighted by Crippen LogP contribution is -2.16. The van der Waals surface area contributed by atoms with Crippen molar-refractivity contribution in [1.29, 1.82) is 0 Å². The molecule has 0 bridgehead atoms. The van der Waals surface area contributed by atoms with Crippen LogP contribution in [0.5, 0.6) is 0 Å². The number of ether oxygens (including phenoxy) is 2. The largest absolute Gasteiger partial charge is 0.467 e. The van der Waals surface area contributed by atoms with Crippen molar-refractivity contribution in [2.45, 2.75) is 13.5 Å². The van der Waals surface area contributed by atoms with Gasteiger partial charge in [0.2, 0.25) is 0 Å². The second-order valence-electron chi connectivity index (χ2n) is 5.18. The van der Waals surface area contributed by atoms with E-state index in [1.807, 2.05) is 31.2 Å². The third-order valence-corrected chi connectivity index (χ3v) is 3.44. The molecule has 3 aromatic rings. The van der Waals surface area contributed by atoms with E-state index in [1.54, 1.807) is 18.4 Å². The summed E-state index contributed by atoms with van der Waals surface area (Å²) in [5, 5.41) is 3.09. The molecule has 0 aliphatic carbocycles. The number of nitrogens with zero attached hydrogens (tertiary/aromatic N) is 2. The lowest BCUT2D eigenvalue weighted by molar-refractivity contribution is 0.0330. The molecular weight excluding hydrogens is 322 g/mol. The van der Waals surface area contributed by atoms with E-state index in [4.69, 9.17) is 13.9 Å². The number of benzene rings is 1. The first-order chi connectivity index (χ1) is 12.3. The molecule has 25 heavy (non-hydrogen) atoms. The molecule has 0 atom stereocenters. The van der Waals surface area contributed by atoms with Gasteiger partial charge in [-0.15, -0.1) is 0 Å². The minimum atomic E-state index is -0.542. The predicted octanol–water partition coefficient (Wildman–Crippen LogP) is 3.03. The molecule has 130 valence electrons. The van der Waals surface area contributed by atoms with Gasteiger partial charge in [0.1, 0.15) is 12.4 Å². The molecular formula is C18H19N3O4. The van der Waals surface area contributed by atoms with Gasteiger partial charge in [0.15, 0.2) is 11.5 Å². The first-order valence-corrected chi connectivity index (χ1v) is 8.06. The molecule has 7 nitrogen and oxygen atoms in total. The van der Waals surface area contributed by atoms with Gasteiger partial charge in [-0.1, -0.05) is 12.1 Å². The minimum Gasteiger partial charge on any atom is -0.467 e. The van der Waals surface area contributed by atoms with Gasteiger partial charge in [0.25, 0.3) is 0 Å². The maximum atomic E-state index is 12.4. The number of carbonyl (C=O) groups excluding carboxylic acids is 1. The molecule has 0 aliphatic heterocycles. The number of carbonyl (C=O) groups is 1. The van der Waals surface area contributed by atoms with Crippen LogP contribution in [0.3, 0.4) is 0 Å². The summed E-state index contributed by atoms with van der Waals surface area (Å²) in [6.45, 7) is 3.35. The predicted molar refractivity (Wildman–Crippen MR) is 92.3 cm³/mol. The first kappa shape index (κ1) is 16.9. The molecule has 0 fully saturated rings. The fourth-order valence-corrected chi connectivity index (χ4v) is 2.26. The Labute approximate surface area is 145 Å². The first-order valence-electron chi connectivity index (χ1n) is 8.06. The Kier molecular flexibility index (Phi) is 5.58. The average Bonchev–Trinajstić information content (AvgIpc) is 3.16. The number of furan rings is 1. The topological polar surface area (TPSA) is 86.5 Å². The van der Waals surface area contributed by atoms with Gasteiger partial charge >= 0.3 is 5.97 Å². The van der Waals surface area contributed by atoms with Crippen molar-refractivity contribution in [1.82, 2.24) is 9.97 Å². The normalized spacial score (nSPS) is 10.8. The van der Waals surface area contributed by atoms with Gasteiger partial charge < -0.3 is 19.2 Å². The Balaban J connectivity index is 1.82. The second-order valence-corrected chi connectivity index (χ2v) is 5.18. The highest BCUT2D eigenvalue weighted by molar-refractivity contribution is 5.95. The van der Waals surface area contributed by atoms with Crippen LogP contribution in [0.1, 0.15) is 23.2 Å². The van der Waals surface area contributed by atoms with Crippen LogP contribution in [0.2, 0.25) is 0 Å². The number of fused-ring (bicyclic) bond motifs is 1. The average molecular weight is 341 g/mol. The maximum absolute atomic E-state index is 12.4. The standard InChI is InChI=1S/C18H19N3O4/c1-2-23-10-11-25-18(22)16-17(19-12-13-6-5-9-24-13)21-15-8-4-3-7-14(15)20-16/h3-9H,2,10-12H2,1H3,(H,19,21). The minimum absolute atomic E-state index is 0.141. The number of para-hydroxylation sites is 2. The highest BCUT2D eigenvalue weighted by Crippen LogP contribution is 2.18. The van der Waals surface area contributed by atoms with E-state index < -0.39 is 5.97 Å². The van der Waals surface area contributed by atoms with Crippen molar-refractivity contribution >= 4 is 22.8 Å². The number of rotatable bonds is 8. The quantitative estimate of drug-likeness (QED) is 0.498. The molecule has 0 amide bonds. The fourth-order valence-electron chi connectivity index (χ4n) is 2.26. The molecule has 0 spiro atoms. The lowest BCUT2D eigenvalue weighted by Gasteiger charge is -2.11. The Morgan fingerprint density at radius 2 is 1.92 bits per heavy atom. The van der Waals surface area contributed by atoms with E-state index in [2.05, 4.69) is 15.3 Å². The van der Waals surface area contributed by atoms with E-state index in [9.17, 15) is 4.79 Å². The van der Waals surface area contributed by atoms with Crippen molar-refractivity contribution in [2.75, 3.05) is 25.1 Å². The highest BCUT2D eigenvalue weighted by atomic mass is 16.6. The van der Waals surface area contributed by atoms with Crippen molar-refractivity contribution in [2.24, 2.45) is 0 Å². The molecule has 0 unspecified atom stereocenters. The van der Waals surface area contributed by atoms with E-state index in [1.165, 1.54) is 0 Å². The molecule has 2 heterocycles. The third kappa shape index (κ3) is 4.33. The van der Waals surface area contributed by atoms with E-state index in [0.717, 1.165) is 5.76 Å². The Hall–Kier alpha value is -2.93. The molecule has 1 N–H and O–H groups in total. The van der Waals surface area contributed by atoms with Crippen LogP contribution in [-0.2, 0) is 16.0 Å². The number of nitrogens with one attached hydrogen (secondary N) is 1. The van der Waals surface area contributed by atoms with Gasteiger partial charge in [-0.3, -0.25) is 0 Å². The smallest absolute Gasteiger partial charge is 0.360 e. The van der Waals surface area contributed by atoms with Crippen molar-refractivity contribution in [3.05, 3.63) is 54.1 Å². The van der Waals surface area contributed by atoms with Gasteiger partial charge in [-0.2, -0.15) is 0 Å². The number of hydrogen-bond donors (Lipinski definition) is 1. The van der Waals surface area contributed by atoms with Crippen LogP contribution in [0, 0.1) is 0 Å². The summed E-state index contributed by atoms with van der Waals surface area (Å²) in [5.41, 5.74) is 1.46. The van der Waals surface area contributed by atoms with Gasteiger partial charge in [0.05, 0.1) is 30.4 Å². The molecule has 7 heteroatoms. The SMILES string of the molecule is CCOCCOC(=O)c1nc2ccccc2nc1NCc1ccco1. The lowest BCUT2D eigenvalue weighted by atomic mass is 10.2. The zero-order valence-electron chi connectivity index (χ0n) is 13.9. The Morgan fingerprint density at radius 1 is 1.12 bits per heavy atom. The summed E-state index contributed by atoms with van der Waals surface area (Å²) in [6, 6.07) is 11.0. The monoisotopic (exact) mass is 341 g/mol. The summed E-state index contributed by atoms with van der Waals surface area (Å²) >= 11 is 0. The van der Waals surface area contributed by atoms with E-state index in [-0.39, 0.29) is 12.3 Å². The van der Waals surface area contributed by atoms with Crippen molar-refractivity contribution in [3.63, 3.8) is 0 Å². The summed E-state index contributed by atoms with van der Waals surface area (Å²) in [5.74, 6) is 0.544. The molecule has 0 radical (unpaired) electrons. The van der Waals surface area contributed by atoms with Crippen LogP contribution in [-0.4, -0.2) is 35.8 Å². The molecule has 0 saturated heterocycles. The van der Waals surface area contributed by atoms with Crippen LogP contribution < -0.4 is 5.32 Å². The van der Waals surface area contributed by atoms with Crippen molar-refractivity contribution < 1.29 is 18.7 Å². The second kappa shape index (κ2) is 8.25. The zero-order valence-corrected chi connectivity index (χ0v) is 13.9. The Morgan fingerprint density at radius 3 is 2.64 bits per heavy atom.